The maximum Gasteiger partial charge on any atom is 0.320 e. The Morgan fingerprint density at radius 2 is 2.09 bits per heavy atom. The van der Waals surface area contributed by atoms with Crippen LogP contribution in [-0.4, -0.2) is 52.8 Å². The average molecular weight is 457 g/mol. The summed E-state index contributed by atoms with van der Waals surface area (Å²) in [5, 5.41) is 12.6. The van der Waals surface area contributed by atoms with Gasteiger partial charge in [0, 0.05) is 29.2 Å². The maximum absolute atomic E-state index is 14.4. The molecule has 0 unspecified atom stereocenters. The van der Waals surface area contributed by atoms with Crippen LogP contribution in [0.3, 0.4) is 0 Å². The molecule has 1 fully saturated rings. The van der Waals surface area contributed by atoms with E-state index in [9.17, 15) is 9.50 Å². The van der Waals surface area contributed by atoms with Gasteiger partial charge in [-0.1, -0.05) is 30.2 Å². The molecule has 0 radical (unpaired) electrons. The first-order valence-electron chi connectivity index (χ1n) is 11.0. The standard InChI is InChI=1S/C24H26ClFN4O2/c1-29-9-3-2-6-17(29)14-32-24-27-20-13-30(10-8-18(20)23(31)28-24)21-12-16(26)11-15-5-4-7-19(25)22(15)21/h4-5,7,11-12,17H,2-3,6,8-10,13-14H2,1H3,(H,27,28,31)/t17-/m0/s1. The Balaban J connectivity index is 1.42. The van der Waals surface area contributed by atoms with Crippen LogP contribution in [0.4, 0.5) is 10.1 Å². The molecule has 0 saturated carbocycles. The molecule has 2 aromatic carbocycles. The number of nitrogens with zero attached hydrogens (tertiary/aromatic N) is 4. The predicted molar refractivity (Wildman–Crippen MR) is 123 cm³/mol. The Morgan fingerprint density at radius 1 is 1.22 bits per heavy atom. The smallest absolute Gasteiger partial charge is 0.320 e. The first-order chi connectivity index (χ1) is 15.5. The van der Waals surface area contributed by atoms with Crippen molar-refractivity contribution in [1.82, 2.24) is 14.9 Å². The monoisotopic (exact) mass is 456 g/mol. The molecule has 1 aromatic heterocycles. The highest BCUT2D eigenvalue weighted by atomic mass is 35.5. The average Bonchev–Trinajstić information content (AvgIpc) is 2.77. The lowest BCUT2D eigenvalue weighted by Crippen LogP contribution is -2.40. The zero-order valence-corrected chi connectivity index (χ0v) is 18.8. The highest BCUT2D eigenvalue weighted by Gasteiger charge is 2.26. The molecule has 6 nitrogen and oxygen atoms in total. The van der Waals surface area contributed by atoms with Gasteiger partial charge in [0.1, 0.15) is 12.4 Å². The Bertz CT molecular complexity index is 1160. The molecule has 1 atom stereocenters. The fourth-order valence-electron chi connectivity index (χ4n) is 4.76. The number of rotatable bonds is 4. The molecule has 0 amide bonds. The van der Waals surface area contributed by atoms with Crippen molar-refractivity contribution in [2.75, 3.05) is 31.6 Å². The van der Waals surface area contributed by atoms with E-state index in [4.69, 9.17) is 16.3 Å². The highest BCUT2D eigenvalue weighted by molar-refractivity contribution is 6.36. The number of likely N-dealkylation sites (tertiary alicyclic amines) is 1. The van der Waals surface area contributed by atoms with Crippen molar-refractivity contribution in [3.63, 3.8) is 0 Å². The van der Waals surface area contributed by atoms with Crippen molar-refractivity contribution < 1.29 is 14.2 Å². The Morgan fingerprint density at radius 3 is 2.94 bits per heavy atom. The van der Waals surface area contributed by atoms with E-state index in [0.717, 1.165) is 35.0 Å². The summed E-state index contributed by atoms with van der Waals surface area (Å²) in [4.78, 5) is 13.1. The second kappa shape index (κ2) is 8.71. The summed E-state index contributed by atoms with van der Waals surface area (Å²) in [5.41, 5.74) is 2.14. The van der Waals surface area contributed by atoms with Crippen molar-refractivity contribution in [3.8, 4) is 11.9 Å². The van der Waals surface area contributed by atoms with Gasteiger partial charge in [0.05, 0.1) is 17.3 Å². The lowest BCUT2D eigenvalue weighted by atomic mass is 10.0. The van der Waals surface area contributed by atoms with Crippen LogP contribution in [0.1, 0.15) is 30.5 Å². The van der Waals surface area contributed by atoms with Gasteiger partial charge < -0.3 is 19.6 Å². The van der Waals surface area contributed by atoms with E-state index >= 15 is 0 Å². The zero-order chi connectivity index (χ0) is 22.2. The number of halogens is 2. The van der Waals surface area contributed by atoms with Crippen LogP contribution in [-0.2, 0) is 13.0 Å². The first kappa shape index (κ1) is 21.2. The number of likely N-dealkylation sites (N-methyl/N-ethyl adjacent to an activating group) is 1. The van der Waals surface area contributed by atoms with Crippen molar-refractivity contribution in [1.29, 1.82) is 0 Å². The molecular weight excluding hydrogens is 431 g/mol. The predicted octanol–water partition coefficient (Wildman–Crippen LogP) is 4.55. The number of anilines is 1. The summed E-state index contributed by atoms with van der Waals surface area (Å²) in [6.07, 6.45) is 4.02. The molecular formula is C24H26ClFN4O2. The summed E-state index contributed by atoms with van der Waals surface area (Å²) in [7, 11) is 2.10. The van der Waals surface area contributed by atoms with Crippen LogP contribution < -0.4 is 9.64 Å². The van der Waals surface area contributed by atoms with Gasteiger partial charge >= 0.3 is 6.01 Å². The maximum atomic E-state index is 14.4. The lowest BCUT2D eigenvalue weighted by molar-refractivity contribution is 0.119. The molecule has 0 aliphatic carbocycles. The Hall–Kier alpha value is -2.64. The van der Waals surface area contributed by atoms with Crippen molar-refractivity contribution in [3.05, 3.63) is 52.4 Å². The normalized spacial score (nSPS) is 19.2. The van der Waals surface area contributed by atoms with Gasteiger partial charge in [-0.2, -0.15) is 9.97 Å². The summed E-state index contributed by atoms with van der Waals surface area (Å²) >= 11 is 6.47. The molecule has 1 saturated heterocycles. The molecule has 1 N–H and O–H groups in total. The van der Waals surface area contributed by atoms with Crippen LogP contribution in [0.15, 0.2) is 30.3 Å². The van der Waals surface area contributed by atoms with Gasteiger partial charge in [0.15, 0.2) is 0 Å². The number of aromatic hydroxyl groups is 1. The molecule has 168 valence electrons. The van der Waals surface area contributed by atoms with Gasteiger partial charge in [0.2, 0.25) is 5.88 Å². The number of fused-ring (bicyclic) bond motifs is 2. The van der Waals surface area contributed by atoms with Crippen LogP contribution in [0.5, 0.6) is 11.9 Å². The molecule has 2 aliphatic rings. The van der Waals surface area contributed by atoms with Gasteiger partial charge in [-0.3, -0.25) is 0 Å². The largest absolute Gasteiger partial charge is 0.493 e. The van der Waals surface area contributed by atoms with Crippen molar-refractivity contribution in [2.45, 2.75) is 38.3 Å². The first-order valence-corrected chi connectivity index (χ1v) is 11.4. The van der Waals surface area contributed by atoms with Gasteiger partial charge in [-0.25, -0.2) is 4.39 Å². The second-order valence-electron chi connectivity index (χ2n) is 8.63. The van der Waals surface area contributed by atoms with Crippen molar-refractivity contribution in [2.24, 2.45) is 0 Å². The molecule has 3 heterocycles. The van der Waals surface area contributed by atoms with Gasteiger partial charge in [-0.15, -0.1) is 0 Å². The quantitative estimate of drug-likeness (QED) is 0.621. The number of aromatic nitrogens is 2. The van der Waals surface area contributed by atoms with Gasteiger partial charge in [0.25, 0.3) is 0 Å². The van der Waals surface area contributed by atoms with Crippen LogP contribution >= 0.6 is 11.6 Å². The van der Waals surface area contributed by atoms with E-state index in [2.05, 4.69) is 21.9 Å². The van der Waals surface area contributed by atoms with E-state index in [1.807, 2.05) is 23.1 Å². The molecule has 8 heteroatoms. The lowest BCUT2D eigenvalue weighted by Gasteiger charge is -2.32. The van der Waals surface area contributed by atoms with Crippen LogP contribution in [0.25, 0.3) is 10.8 Å². The Labute approximate surface area is 191 Å². The van der Waals surface area contributed by atoms with E-state index in [1.54, 1.807) is 0 Å². The minimum Gasteiger partial charge on any atom is -0.493 e. The summed E-state index contributed by atoms with van der Waals surface area (Å²) < 4.78 is 20.2. The number of hydrogen-bond acceptors (Lipinski definition) is 6. The number of piperidine rings is 1. The topological polar surface area (TPSA) is 61.7 Å². The fraction of sp³-hybridized carbons (Fsp3) is 0.417. The van der Waals surface area contributed by atoms with Crippen LogP contribution in [0.2, 0.25) is 5.02 Å². The molecule has 0 spiro atoms. The fourth-order valence-corrected chi connectivity index (χ4v) is 5.04. The number of ether oxygens (including phenoxy) is 1. The summed E-state index contributed by atoms with van der Waals surface area (Å²) in [6.45, 7) is 2.56. The van der Waals surface area contributed by atoms with Crippen LogP contribution in [0, 0.1) is 5.82 Å². The summed E-state index contributed by atoms with van der Waals surface area (Å²) in [6, 6.07) is 8.99. The molecule has 32 heavy (non-hydrogen) atoms. The molecule has 0 bridgehead atoms. The number of benzene rings is 2. The van der Waals surface area contributed by atoms with Gasteiger partial charge in [-0.05, 0) is 56.4 Å². The number of hydrogen-bond donors (Lipinski definition) is 1. The third-order valence-electron chi connectivity index (χ3n) is 6.56. The van der Waals surface area contributed by atoms with E-state index in [-0.39, 0.29) is 17.7 Å². The Kier molecular flexibility index (Phi) is 5.78. The second-order valence-corrected chi connectivity index (χ2v) is 9.04. The summed E-state index contributed by atoms with van der Waals surface area (Å²) in [5.74, 6) is -0.351. The SMILES string of the molecule is CN1CCCC[C@H]1COc1nc(O)c2c(n1)CN(c1cc(F)cc3cccc(Cl)c13)CC2. The zero-order valence-electron chi connectivity index (χ0n) is 18.0. The molecule has 3 aromatic rings. The van der Waals surface area contributed by atoms with E-state index in [1.165, 1.54) is 25.0 Å². The molecule has 5 rings (SSSR count). The third kappa shape index (κ3) is 4.07. The van der Waals surface area contributed by atoms with Crippen molar-refractivity contribution >= 4 is 28.1 Å². The van der Waals surface area contributed by atoms with E-state index < -0.39 is 0 Å². The minimum atomic E-state index is -0.313. The third-order valence-corrected chi connectivity index (χ3v) is 6.87. The van der Waals surface area contributed by atoms with E-state index in [0.29, 0.717) is 42.9 Å². The molecule has 2 aliphatic heterocycles. The minimum absolute atomic E-state index is 0.0382. The highest BCUT2D eigenvalue weighted by Crippen LogP contribution is 2.37.